The fraction of sp³-hybridized carbons (Fsp3) is 0.500. The second-order valence-electron chi connectivity index (χ2n) is 6.72. The molecule has 2 aliphatic rings. The number of ether oxygens (including phenoxy) is 1. The Bertz CT molecular complexity index is 738. The summed E-state index contributed by atoms with van der Waals surface area (Å²) in [6, 6.07) is 7.22. The summed E-state index contributed by atoms with van der Waals surface area (Å²) in [4.78, 5) is 19.3. The summed E-state index contributed by atoms with van der Waals surface area (Å²) in [5.41, 5.74) is 0.756. The van der Waals surface area contributed by atoms with E-state index in [1.807, 2.05) is 29.2 Å². The van der Waals surface area contributed by atoms with E-state index in [2.05, 4.69) is 20.5 Å². The molecule has 1 aromatic heterocycles. The number of nitrogens with one attached hydrogen (secondary N) is 2. The smallest absolute Gasteiger partial charge is 0.322 e. The van der Waals surface area contributed by atoms with Gasteiger partial charge in [-0.05, 0) is 56.4 Å². The number of piperidine rings is 1. The van der Waals surface area contributed by atoms with E-state index in [1.165, 1.54) is 12.8 Å². The number of hydrogen-bond donors (Lipinski definition) is 2. The number of amides is 2. The maximum Gasteiger partial charge on any atom is 0.322 e. The first-order chi connectivity index (χ1) is 12.2. The molecule has 7 nitrogen and oxygen atoms in total. The zero-order valence-electron chi connectivity index (χ0n) is 14.4. The SMILES string of the molecule is COc1ccc(NC(=O)N2CCCCC2c2nc(C3CC3)n[nH]2)cc1. The first kappa shape index (κ1) is 15.9. The molecule has 0 spiro atoms. The normalized spacial score (nSPS) is 20.4. The van der Waals surface area contributed by atoms with Crippen molar-refractivity contribution in [2.45, 2.75) is 44.1 Å². The van der Waals surface area contributed by atoms with Crippen LogP contribution in [0.3, 0.4) is 0 Å². The molecule has 1 saturated heterocycles. The van der Waals surface area contributed by atoms with Gasteiger partial charge in [0, 0.05) is 18.2 Å². The average molecular weight is 341 g/mol. The topological polar surface area (TPSA) is 83.1 Å². The molecular weight excluding hydrogens is 318 g/mol. The Morgan fingerprint density at radius 3 is 2.76 bits per heavy atom. The van der Waals surface area contributed by atoms with Gasteiger partial charge in [0.05, 0.1) is 13.2 Å². The molecule has 2 fully saturated rings. The van der Waals surface area contributed by atoms with Crippen molar-refractivity contribution >= 4 is 11.7 Å². The molecule has 1 aliphatic heterocycles. The highest BCUT2D eigenvalue weighted by Gasteiger charge is 2.33. The number of aromatic nitrogens is 3. The van der Waals surface area contributed by atoms with Crippen molar-refractivity contribution < 1.29 is 9.53 Å². The predicted octanol–water partition coefficient (Wildman–Crippen LogP) is 3.45. The number of nitrogens with zero attached hydrogens (tertiary/aromatic N) is 3. The van der Waals surface area contributed by atoms with Crippen LogP contribution in [0.2, 0.25) is 0 Å². The van der Waals surface area contributed by atoms with Crippen molar-refractivity contribution in [3.63, 3.8) is 0 Å². The lowest BCUT2D eigenvalue weighted by Crippen LogP contribution is -2.41. The second kappa shape index (κ2) is 6.74. The van der Waals surface area contributed by atoms with Crippen LogP contribution in [0.4, 0.5) is 10.5 Å². The van der Waals surface area contributed by atoms with E-state index in [0.29, 0.717) is 5.92 Å². The van der Waals surface area contributed by atoms with Crippen molar-refractivity contribution in [2.24, 2.45) is 0 Å². The van der Waals surface area contributed by atoms with E-state index in [4.69, 9.17) is 4.74 Å². The summed E-state index contributed by atoms with van der Waals surface area (Å²) in [7, 11) is 1.62. The quantitative estimate of drug-likeness (QED) is 0.892. The van der Waals surface area contributed by atoms with Gasteiger partial charge < -0.3 is 15.0 Å². The molecule has 132 valence electrons. The van der Waals surface area contributed by atoms with E-state index in [-0.39, 0.29) is 12.1 Å². The highest BCUT2D eigenvalue weighted by Crippen LogP contribution is 2.39. The molecule has 25 heavy (non-hydrogen) atoms. The van der Waals surface area contributed by atoms with Crippen LogP contribution in [-0.2, 0) is 0 Å². The highest BCUT2D eigenvalue weighted by molar-refractivity contribution is 5.89. The molecular formula is C18H23N5O2. The van der Waals surface area contributed by atoms with Gasteiger partial charge in [0.2, 0.25) is 0 Å². The van der Waals surface area contributed by atoms with Crippen LogP contribution < -0.4 is 10.1 Å². The lowest BCUT2D eigenvalue weighted by Gasteiger charge is -2.34. The molecule has 1 aliphatic carbocycles. The molecule has 1 saturated carbocycles. The summed E-state index contributed by atoms with van der Waals surface area (Å²) in [5.74, 6) is 2.99. The number of aromatic amines is 1. The highest BCUT2D eigenvalue weighted by atomic mass is 16.5. The van der Waals surface area contributed by atoms with Crippen molar-refractivity contribution in [2.75, 3.05) is 19.0 Å². The maximum atomic E-state index is 12.8. The third kappa shape index (κ3) is 3.45. The molecule has 1 atom stereocenters. The Hall–Kier alpha value is -2.57. The monoisotopic (exact) mass is 341 g/mol. The van der Waals surface area contributed by atoms with Gasteiger partial charge in [-0.25, -0.2) is 9.78 Å². The van der Waals surface area contributed by atoms with Crippen molar-refractivity contribution in [3.05, 3.63) is 35.9 Å². The third-order valence-corrected chi connectivity index (χ3v) is 4.88. The van der Waals surface area contributed by atoms with Crippen LogP contribution >= 0.6 is 0 Å². The molecule has 2 N–H and O–H groups in total. The van der Waals surface area contributed by atoms with Crippen molar-refractivity contribution in [1.82, 2.24) is 20.1 Å². The first-order valence-electron chi connectivity index (χ1n) is 8.88. The van der Waals surface area contributed by atoms with Gasteiger partial charge in [0.15, 0.2) is 5.82 Å². The maximum absolute atomic E-state index is 12.8. The van der Waals surface area contributed by atoms with E-state index in [9.17, 15) is 4.79 Å². The van der Waals surface area contributed by atoms with Gasteiger partial charge >= 0.3 is 6.03 Å². The molecule has 0 radical (unpaired) electrons. The standard InChI is InChI=1S/C18H23N5O2/c1-25-14-9-7-13(8-10-14)19-18(24)23-11-3-2-4-15(23)17-20-16(21-22-17)12-5-6-12/h7-10,12,15H,2-6,11H2,1H3,(H,19,24)(H,20,21,22). The molecule has 2 heterocycles. The number of likely N-dealkylation sites (tertiary alicyclic amines) is 1. The van der Waals surface area contributed by atoms with Gasteiger partial charge in [-0.15, -0.1) is 0 Å². The van der Waals surface area contributed by atoms with Gasteiger partial charge in [-0.3, -0.25) is 5.10 Å². The average Bonchev–Trinajstić information content (AvgIpc) is 3.39. The minimum absolute atomic E-state index is 0.0352. The molecule has 2 amide bonds. The van der Waals surface area contributed by atoms with Crippen molar-refractivity contribution in [3.8, 4) is 5.75 Å². The largest absolute Gasteiger partial charge is 0.497 e. The number of anilines is 1. The molecule has 4 rings (SSSR count). The first-order valence-corrected chi connectivity index (χ1v) is 8.88. The lowest BCUT2D eigenvalue weighted by molar-refractivity contribution is 0.159. The number of methoxy groups -OCH3 is 1. The van der Waals surface area contributed by atoms with Gasteiger partial charge in [-0.1, -0.05) is 0 Å². The molecule has 0 bridgehead atoms. The Kier molecular flexibility index (Phi) is 4.29. The lowest BCUT2D eigenvalue weighted by atomic mass is 10.0. The fourth-order valence-electron chi connectivity index (χ4n) is 3.29. The predicted molar refractivity (Wildman–Crippen MR) is 93.7 cm³/mol. The van der Waals surface area contributed by atoms with Crippen LogP contribution in [-0.4, -0.2) is 39.8 Å². The third-order valence-electron chi connectivity index (χ3n) is 4.88. The van der Waals surface area contributed by atoms with E-state index < -0.39 is 0 Å². The van der Waals surface area contributed by atoms with Gasteiger partial charge in [0.25, 0.3) is 0 Å². The van der Waals surface area contributed by atoms with Crippen LogP contribution in [0.25, 0.3) is 0 Å². The molecule has 2 aromatic rings. The summed E-state index contributed by atoms with van der Waals surface area (Å²) in [6.07, 6.45) is 5.36. The Balaban J connectivity index is 1.47. The van der Waals surface area contributed by atoms with E-state index >= 15 is 0 Å². The Morgan fingerprint density at radius 1 is 1.24 bits per heavy atom. The summed E-state index contributed by atoms with van der Waals surface area (Å²) in [6.45, 7) is 0.728. The molecule has 7 heteroatoms. The molecule has 1 unspecified atom stereocenters. The van der Waals surface area contributed by atoms with Gasteiger partial charge in [0.1, 0.15) is 11.6 Å². The number of urea groups is 1. The fourth-order valence-corrected chi connectivity index (χ4v) is 3.29. The van der Waals surface area contributed by atoms with E-state index in [1.54, 1.807) is 7.11 Å². The van der Waals surface area contributed by atoms with E-state index in [0.717, 1.165) is 48.9 Å². The van der Waals surface area contributed by atoms with Crippen LogP contribution in [0.5, 0.6) is 5.75 Å². The van der Waals surface area contributed by atoms with Crippen LogP contribution in [0.1, 0.15) is 55.7 Å². The second-order valence-corrected chi connectivity index (χ2v) is 6.72. The minimum Gasteiger partial charge on any atom is -0.497 e. The Morgan fingerprint density at radius 2 is 2.04 bits per heavy atom. The molecule has 1 aromatic carbocycles. The number of hydrogen-bond acceptors (Lipinski definition) is 4. The number of carbonyl (C=O) groups is 1. The summed E-state index contributed by atoms with van der Waals surface area (Å²) in [5, 5.41) is 10.4. The summed E-state index contributed by atoms with van der Waals surface area (Å²) < 4.78 is 5.15. The zero-order valence-corrected chi connectivity index (χ0v) is 14.4. The van der Waals surface area contributed by atoms with Crippen LogP contribution in [0.15, 0.2) is 24.3 Å². The number of carbonyl (C=O) groups excluding carboxylic acids is 1. The Labute approximate surface area is 146 Å². The zero-order chi connectivity index (χ0) is 17.2. The van der Waals surface area contributed by atoms with Crippen molar-refractivity contribution in [1.29, 1.82) is 0 Å². The number of H-pyrrole nitrogens is 1. The van der Waals surface area contributed by atoms with Crippen LogP contribution in [0, 0.1) is 0 Å². The minimum atomic E-state index is -0.0979. The van der Waals surface area contributed by atoms with Gasteiger partial charge in [-0.2, -0.15) is 5.10 Å². The number of rotatable bonds is 4. The number of benzene rings is 1. The summed E-state index contributed by atoms with van der Waals surface area (Å²) >= 11 is 0.